The van der Waals surface area contributed by atoms with Crippen LogP contribution in [0.1, 0.15) is 59.2 Å². The minimum atomic E-state index is -0.449. The fraction of sp³-hybridized carbons (Fsp3) is 0.286. The lowest BCUT2D eigenvalue weighted by Gasteiger charge is -2.10. The highest BCUT2D eigenvalue weighted by atomic mass is 32.1. The zero-order valence-electron chi connectivity index (χ0n) is 20.2. The normalized spacial score (nSPS) is 10.9. The van der Waals surface area contributed by atoms with Crippen molar-refractivity contribution in [3.8, 4) is 16.9 Å². The summed E-state index contributed by atoms with van der Waals surface area (Å²) in [5.41, 5.74) is 3.03. The number of thiophene rings is 2. The van der Waals surface area contributed by atoms with Gasteiger partial charge in [-0.25, -0.2) is 4.79 Å². The highest BCUT2D eigenvalue weighted by molar-refractivity contribution is 7.21. The first kappa shape index (κ1) is 24.9. The van der Waals surface area contributed by atoms with Gasteiger partial charge in [0, 0.05) is 15.6 Å². The van der Waals surface area contributed by atoms with Crippen LogP contribution in [-0.4, -0.2) is 25.1 Å². The Morgan fingerprint density at radius 3 is 2.46 bits per heavy atom. The van der Waals surface area contributed by atoms with Crippen LogP contribution in [0.4, 0.5) is 5.00 Å². The predicted octanol–water partition coefficient (Wildman–Crippen LogP) is 7.80. The minimum absolute atomic E-state index is 0.197. The Morgan fingerprint density at radius 1 is 0.971 bits per heavy atom. The molecular weight excluding hydrogens is 478 g/mol. The van der Waals surface area contributed by atoms with Crippen LogP contribution in [0.25, 0.3) is 21.2 Å². The largest absolute Gasteiger partial charge is 0.494 e. The molecule has 0 saturated carbocycles. The van der Waals surface area contributed by atoms with E-state index in [1.165, 1.54) is 22.7 Å². The quantitative estimate of drug-likeness (QED) is 0.222. The van der Waals surface area contributed by atoms with Crippen molar-refractivity contribution < 1.29 is 19.1 Å². The maximum absolute atomic E-state index is 13.4. The van der Waals surface area contributed by atoms with E-state index in [9.17, 15) is 9.59 Å². The monoisotopic (exact) mass is 507 g/mol. The number of carbonyl (C=O) groups is 2. The number of nitrogens with one attached hydrogen (secondary N) is 1. The highest BCUT2D eigenvalue weighted by Gasteiger charge is 2.25. The average Bonchev–Trinajstić information content (AvgIpc) is 3.45. The molecule has 1 amide bonds. The van der Waals surface area contributed by atoms with Gasteiger partial charge in [-0.2, -0.15) is 0 Å². The van der Waals surface area contributed by atoms with Gasteiger partial charge in [-0.05, 0) is 54.5 Å². The number of esters is 1. The number of fused-ring (bicyclic) bond motifs is 1. The van der Waals surface area contributed by atoms with Gasteiger partial charge < -0.3 is 14.8 Å². The summed E-state index contributed by atoms with van der Waals surface area (Å²) < 4.78 is 12.1. The van der Waals surface area contributed by atoms with E-state index in [2.05, 4.69) is 25.2 Å². The molecule has 0 spiro atoms. The summed E-state index contributed by atoms with van der Waals surface area (Å²) in [5, 5.41) is 6.52. The fourth-order valence-electron chi connectivity index (χ4n) is 3.96. The van der Waals surface area contributed by atoms with Gasteiger partial charge in [0.05, 0.1) is 18.1 Å². The first-order chi connectivity index (χ1) is 17.1. The molecule has 4 aromatic rings. The van der Waals surface area contributed by atoms with E-state index in [-0.39, 0.29) is 12.5 Å². The first-order valence-electron chi connectivity index (χ1n) is 11.9. The Labute approximate surface area is 213 Å². The maximum Gasteiger partial charge on any atom is 0.341 e. The zero-order chi connectivity index (χ0) is 24.8. The van der Waals surface area contributed by atoms with Crippen molar-refractivity contribution in [3.63, 3.8) is 0 Å². The van der Waals surface area contributed by atoms with Gasteiger partial charge in [0.15, 0.2) is 0 Å². The van der Waals surface area contributed by atoms with Crippen molar-refractivity contribution in [1.82, 2.24) is 0 Å². The molecule has 0 bridgehead atoms. The second-order valence-electron chi connectivity index (χ2n) is 8.06. The minimum Gasteiger partial charge on any atom is -0.494 e. The molecule has 2 aromatic carbocycles. The molecule has 0 unspecified atom stereocenters. The van der Waals surface area contributed by atoms with E-state index in [1.54, 1.807) is 6.92 Å². The van der Waals surface area contributed by atoms with Gasteiger partial charge in [0.25, 0.3) is 5.91 Å². The Morgan fingerprint density at radius 2 is 1.74 bits per heavy atom. The molecule has 4 rings (SSSR count). The number of carbonyl (C=O) groups excluding carboxylic acids is 2. The molecule has 5 nitrogen and oxygen atoms in total. The van der Waals surface area contributed by atoms with Gasteiger partial charge in [0.1, 0.15) is 16.3 Å². The molecule has 0 atom stereocenters. The summed E-state index contributed by atoms with van der Waals surface area (Å²) in [5.74, 6) is 0.137. The van der Waals surface area contributed by atoms with Crippen LogP contribution in [0.3, 0.4) is 0 Å². The van der Waals surface area contributed by atoms with Crippen molar-refractivity contribution >= 4 is 49.6 Å². The Balaban J connectivity index is 1.68. The molecule has 2 heterocycles. The Kier molecular flexibility index (Phi) is 8.21. The SMILES string of the molecule is CCCOc1ccc(-c2csc(NC(=O)c3sc4ccccc4c3CCC)c2C(=O)OCC)cc1. The second kappa shape index (κ2) is 11.5. The zero-order valence-corrected chi connectivity index (χ0v) is 21.8. The molecule has 0 saturated heterocycles. The first-order valence-corrected chi connectivity index (χ1v) is 13.6. The standard InChI is InChI=1S/C28H29NO4S2/c1-4-9-21-20-10-7-8-11-23(20)35-25(21)26(30)29-27-24(28(31)32-6-3)22(17-34-27)18-12-14-19(15-13-18)33-16-5-2/h7-8,10-15,17H,4-6,9,16H2,1-3H3,(H,29,30). The summed E-state index contributed by atoms with van der Waals surface area (Å²) in [4.78, 5) is 27.1. The number of aryl methyl sites for hydroxylation is 1. The molecule has 0 aliphatic heterocycles. The average molecular weight is 508 g/mol. The summed E-state index contributed by atoms with van der Waals surface area (Å²) in [7, 11) is 0. The molecule has 0 aliphatic rings. The fourth-order valence-corrected chi connectivity index (χ4v) is 6.06. The molecule has 0 radical (unpaired) electrons. The molecule has 182 valence electrons. The molecule has 2 aromatic heterocycles. The lowest BCUT2D eigenvalue weighted by atomic mass is 10.0. The number of hydrogen-bond donors (Lipinski definition) is 1. The van der Waals surface area contributed by atoms with Crippen LogP contribution in [-0.2, 0) is 11.2 Å². The third kappa shape index (κ3) is 5.41. The molecule has 0 fully saturated rings. The van der Waals surface area contributed by atoms with Crippen molar-refractivity contribution in [2.75, 3.05) is 18.5 Å². The van der Waals surface area contributed by atoms with Gasteiger partial charge in [-0.15, -0.1) is 22.7 Å². The van der Waals surface area contributed by atoms with Crippen molar-refractivity contribution in [2.45, 2.75) is 40.0 Å². The third-order valence-corrected chi connectivity index (χ3v) is 7.65. The van der Waals surface area contributed by atoms with Crippen molar-refractivity contribution in [2.24, 2.45) is 0 Å². The molecular formula is C28H29NO4S2. The predicted molar refractivity (Wildman–Crippen MR) is 145 cm³/mol. The summed E-state index contributed by atoms with van der Waals surface area (Å²) in [6.45, 7) is 6.85. The number of hydrogen-bond acceptors (Lipinski definition) is 6. The van der Waals surface area contributed by atoms with Crippen LogP contribution in [0.15, 0.2) is 53.9 Å². The summed E-state index contributed by atoms with van der Waals surface area (Å²) >= 11 is 2.82. The van der Waals surface area contributed by atoms with Gasteiger partial charge in [-0.3, -0.25) is 4.79 Å². The molecule has 0 aliphatic carbocycles. The van der Waals surface area contributed by atoms with Crippen molar-refractivity contribution in [3.05, 3.63) is 69.9 Å². The third-order valence-electron chi connectivity index (χ3n) is 5.54. The number of ether oxygens (including phenoxy) is 2. The summed E-state index contributed by atoms with van der Waals surface area (Å²) in [6, 6.07) is 15.7. The molecule has 1 N–H and O–H groups in total. The van der Waals surface area contributed by atoms with E-state index in [4.69, 9.17) is 9.47 Å². The maximum atomic E-state index is 13.4. The lowest BCUT2D eigenvalue weighted by Crippen LogP contribution is -2.15. The van der Waals surface area contributed by atoms with Crippen LogP contribution in [0, 0.1) is 0 Å². The number of anilines is 1. The van der Waals surface area contributed by atoms with Crippen LogP contribution >= 0.6 is 22.7 Å². The highest BCUT2D eigenvalue weighted by Crippen LogP contribution is 2.38. The second-order valence-corrected chi connectivity index (χ2v) is 9.99. The van der Waals surface area contributed by atoms with Crippen LogP contribution in [0.5, 0.6) is 5.75 Å². The molecule has 7 heteroatoms. The van der Waals surface area contributed by atoms with E-state index >= 15 is 0 Å². The van der Waals surface area contributed by atoms with Crippen LogP contribution < -0.4 is 10.1 Å². The van der Waals surface area contributed by atoms with Gasteiger partial charge >= 0.3 is 5.97 Å². The Hall–Kier alpha value is -3.16. The summed E-state index contributed by atoms with van der Waals surface area (Å²) in [6.07, 6.45) is 2.69. The number of benzene rings is 2. The van der Waals surface area contributed by atoms with Crippen molar-refractivity contribution in [1.29, 1.82) is 0 Å². The topological polar surface area (TPSA) is 64.6 Å². The number of amides is 1. The van der Waals surface area contributed by atoms with Crippen LogP contribution in [0.2, 0.25) is 0 Å². The smallest absolute Gasteiger partial charge is 0.341 e. The van der Waals surface area contributed by atoms with Gasteiger partial charge in [0.2, 0.25) is 0 Å². The number of rotatable bonds is 10. The Bertz CT molecular complexity index is 1320. The van der Waals surface area contributed by atoms with E-state index < -0.39 is 5.97 Å². The van der Waals surface area contributed by atoms with E-state index in [1.807, 2.05) is 47.8 Å². The van der Waals surface area contributed by atoms with Gasteiger partial charge in [-0.1, -0.05) is 50.6 Å². The van der Waals surface area contributed by atoms with E-state index in [0.717, 1.165) is 51.8 Å². The lowest BCUT2D eigenvalue weighted by molar-refractivity contribution is 0.0529. The molecule has 35 heavy (non-hydrogen) atoms. The van der Waals surface area contributed by atoms with E-state index in [0.29, 0.717) is 22.0 Å².